The first-order chi connectivity index (χ1) is 21.5. The van der Waals surface area contributed by atoms with Gasteiger partial charge in [0.05, 0.1) is 6.42 Å². The fourth-order valence-corrected chi connectivity index (χ4v) is 6.40. The van der Waals surface area contributed by atoms with E-state index in [1.807, 2.05) is 30.3 Å². The van der Waals surface area contributed by atoms with Crippen LogP contribution in [0.4, 0.5) is 11.4 Å². The number of carboxylic acid groups (broad SMARTS) is 1. The summed E-state index contributed by atoms with van der Waals surface area (Å²) < 4.78 is 0. The lowest BCUT2D eigenvalue weighted by molar-refractivity contribution is -0.136. The largest absolute Gasteiger partial charge is 0.481 e. The van der Waals surface area contributed by atoms with Crippen LogP contribution in [0.2, 0.25) is 0 Å². The van der Waals surface area contributed by atoms with Crippen LogP contribution in [0.3, 0.4) is 0 Å². The molecule has 0 bridgehead atoms. The molecule has 3 N–H and O–H groups in total. The number of benzene rings is 3. The molecule has 236 valence electrons. The third-order valence-corrected chi connectivity index (χ3v) is 9.13. The molecule has 1 aliphatic heterocycles. The van der Waals surface area contributed by atoms with E-state index < -0.39 is 5.97 Å². The third kappa shape index (κ3) is 7.19. The smallest absolute Gasteiger partial charge is 0.305 e. The number of amides is 1. The van der Waals surface area contributed by atoms with Crippen LogP contribution in [-0.4, -0.2) is 43.4 Å². The fourth-order valence-electron chi connectivity index (χ4n) is 6.40. The Morgan fingerprint density at radius 1 is 1.04 bits per heavy atom. The summed E-state index contributed by atoms with van der Waals surface area (Å²) in [6.07, 6.45) is 8.39. The van der Waals surface area contributed by atoms with Crippen LogP contribution in [-0.2, 0) is 20.4 Å². The number of carbonyl (C=O) groups is 3. The minimum absolute atomic E-state index is 0.0319. The Balaban J connectivity index is 1.70. The highest BCUT2D eigenvalue weighted by Gasteiger charge is 2.47. The van der Waals surface area contributed by atoms with E-state index in [1.165, 1.54) is 11.1 Å². The molecule has 2 atom stereocenters. The molecular weight excluding hydrogens is 562 g/mol. The predicted molar refractivity (Wildman–Crippen MR) is 182 cm³/mol. The van der Waals surface area contributed by atoms with Crippen molar-refractivity contribution in [1.29, 1.82) is 0 Å². The number of aliphatic carboxylic acids is 1. The Kier molecular flexibility index (Phi) is 10.7. The highest BCUT2D eigenvalue weighted by atomic mass is 16.4. The first kappa shape index (κ1) is 33.2. The van der Waals surface area contributed by atoms with Crippen LogP contribution in [0.5, 0.6) is 0 Å². The lowest BCUT2D eigenvalue weighted by Crippen LogP contribution is -2.34. The minimum atomic E-state index is -0.825. The van der Waals surface area contributed by atoms with Crippen molar-refractivity contribution in [3.63, 3.8) is 0 Å². The zero-order chi connectivity index (χ0) is 32.6. The highest BCUT2D eigenvalue weighted by molar-refractivity contribution is 5.95. The summed E-state index contributed by atoms with van der Waals surface area (Å²) in [5.41, 5.74) is 6.30. The number of carboxylic acids is 1. The van der Waals surface area contributed by atoms with Crippen molar-refractivity contribution in [2.45, 2.75) is 63.7 Å². The van der Waals surface area contributed by atoms with Gasteiger partial charge in [-0.15, -0.1) is 0 Å². The molecule has 0 saturated heterocycles. The summed E-state index contributed by atoms with van der Waals surface area (Å²) in [6.45, 7) is 9.69. The summed E-state index contributed by atoms with van der Waals surface area (Å²) in [7, 11) is 1.61. The lowest BCUT2D eigenvalue weighted by atomic mass is 9.69. The molecule has 0 spiro atoms. The summed E-state index contributed by atoms with van der Waals surface area (Å²) in [4.78, 5) is 37.1. The van der Waals surface area contributed by atoms with Gasteiger partial charge in [0.1, 0.15) is 6.29 Å². The topological polar surface area (TPSA) is 98.7 Å². The van der Waals surface area contributed by atoms with Crippen LogP contribution in [0.15, 0.2) is 96.7 Å². The molecular formula is C38H45N3O4. The van der Waals surface area contributed by atoms with Gasteiger partial charge in [-0.05, 0) is 65.6 Å². The number of anilines is 2. The van der Waals surface area contributed by atoms with Crippen LogP contribution in [0.25, 0.3) is 0 Å². The minimum Gasteiger partial charge on any atom is -0.481 e. The molecule has 2 unspecified atom stereocenters. The second-order valence-electron chi connectivity index (χ2n) is 12.4. The van der Waals surface area contributed by atoms with Gasteiger partial charge < -0.3 is 25.4 Å². The molecule has 3 aromatic carbocycles. The van der Waals surface area contributed by atoms with Crippen molar-refractivity contribution >= 4 is 29.5 Å². The van der Waals surface area contributed by atoms with Crippen molar-refractivity contribution in [2.24, 2.45) is 0 Å². The van der Waals surface area contributed by atoms with Crippen LogP contribution >= 0.6 is 0 Å². The summed E-state index contributed by atoms with van der Waals surface area (Å²) >= 11 is 0. The van der Waals surface area contributed by atoms with Crippen LogP contribution in [0.1, 0.15) is 79.9 Å². The molecule has 0 fully saturated rings. The van der Waals surface area contributed by atoms with Crippen LogP contribution in [0, 0.1) is 0 Å². The van der Waals surface area contributed by atoms with Gasteiger partial charge in [-0.25, -0.2) is 0 Å². The van der Waals surface area contributed by atoms with Crippen molar-refractivity contribution in [3.8, 4) is 0 Å². The summed E-state index contributed by atoms with van der Waals surface area (Å²) in [6, 6.07) is 24.4. The highest BCUT2D eigenvalue weighted by Crippen LogP contribution is 2.54. The standard InChI is InChI=1S/C38H45N3O4/c1-27(28-14-7-6-8-15-28)38(4)31-16-9-10-17-33(31)41(24-21-35(43)44)34(38)18-11-12-22-37(2,3)30-20-19-29(36(45)39-5)26-32(30)40-23-13-25-42/h6-12,14-20,25-27,40H,13,21-24H2,1-5H3,(H,39,45)(H,43,44)/b12-11+,34-18+. The van der Waals surface area contributed by atoms with Crippen LogP contribution < -0.4 is 15.5 Å². The van der Waals surface area contributed by atoms with Gasteiger partial charge in [0.15, 0.2) is 0 Å². The lowest BCUT2D eigenvalue weighted by Gasteiger charge is -2.36. The van der Waals surface area contributed by atoms with E-state index in [2.05, 4.69) is 104 Å². The van der Waals surface area contributed by atoms with E-state index in [0.717, 1.165) is 28.9 Å². The van der Waals surface area contributed by atoms with E-state index in [-0.39, 0.29) is 29.1 Å². The van der Waals surface area contributed by atoms with Gasteiger partial charge in [-0.2, -0.15) is 0 Å². The number of carbonyl (C=O) groups excluding carboxylic acids is 2. The van der Waals surface area contributed by atoms with Gasteiger partial charge in [0, 0.05) is 54.6 Å². The van der Waals surface area contributed by atoms with E-state index in [9.17, 15) is 19.5 Å². The SMILES string of the molecule is CNC(=O)c1ccc(C(C)(C)C/C=C/C=C2/N(CCC(=O)O)c3ccccc3C2(C)C(C)c2ccccc2)c(NCCC=O)c1. The monoisotopic (exact) mass is 607 g/mol. The number of rotatable bonds is 14. The van der Waals surface area contributed by atoms with Gasteiger partial charge in [0.25, 0.3) is 5.91 Å². The van der Waals surface area contributed by atoms with E-state index in [1.54, 1.807) is 7.05 Å². The molecule has 0 aliphatic carbocycles. The summed E-state index contributed by atoms with van der Waals surface area (Å²) in [5, 5.41) is 15.6. The molecule has 3 aromatic rings. The van der Waals surface area contributed by atoms with Crippen molar-refractivity contribution < 1.29 is 19.5 Å². The Bertz CT molecular complexity index is 1580. The van der Waals surface area contributed by atoms with E-state index >= 15 is 0 Å². The number of para-hydroxylation sites is 1. The van der Waals surface area contributed by atoms with E-state index in [0.29, 0.717) is 31.5 Å². The van der Waals surface area contributed by atoms with Gasteiger partial charge in [-0.1, -0.05) is 87.5 Å². The molecule has 4 rings (SSSR count). The molecule has 7 nitrogen and oxygen atoms in total. The van der Waals surface area contributed by atoms with E-state index in [4.69, 9.17) is 0 Å². The average Bonchev–Trinajstić information content (AvgIpc) is 3.29. The zero-order valence-electron chi connectivity index (χ0n) is 27.0. The number of fused-ring (bicyclic) bond motifs is 1. The molecule has 0 aromatic heterocycles. The molecule has 1 amide bonds. The molecule has 1 heterocycles. The molecule has 1 aliphatic rings. The normalized spacial score (nSPS) is 17.7. The maximum atomic E-state index is 12.3. The number of aldehydes is 1. The first-order valence-corrected chi connectivity index (χ1v) is 15.6. The van der Waals surface area contributed by atoms with Gasteiger partial charge >= 0.3 is 5.97 Å². The van der Waals surface area contributed by atoms with Gasteiger partial charge in [0.2, 0.25) is 0 Å². The number of hydrogen-bond donors (Lipinski definition) is 3. The predicted octanol–water partition coefficient (Wildman–Crippen LogP) is 7.21. The molecule has 45 heavy (non-hydrogen) atoms. The molecule has 0 radical (unpaired) electrons. The third-order valence-electron chi connectivity index (χ3n) is 9.13. The Morgan fingerprint density at radius 3 is 2.44 bits per heavy atom. The average molecular weight is 608 g/mol. The van der Waals surface area contributed by atoms with Gasteiger partial charge in [-0.3, -0.25) is 9.59 Å². The maximum Gasteiger partial charge on any atom is 0.305 e. The Hall–Kier alpha value is -4.65. The number of nitrogens with one attached hydrogen (secondary N) is 2. The number of nitrogens with zero attached hydrogens (tertiary/aromatic N) is 1. The van der Waals surface area contributed by atoms with Crippen molar-refractivity contribution in [3.05, 3.63) is 119 Å². The molecule has 0 saturated carbocycles. The van der Waals surface area contributed by atoms with Crippen molar-refractivity contribution in [2.75, 3.05) is 30.4 Å². The zero-order valence-corrected chi connectivity index (χ0v) is 27.0. The number of hydrogen-bond acceptors (Lipinski definition) is 5. The summed E-state index contributed by atoms with van der Waals surface area (Å²) in [5.74, 6) is -0.861. The molecule has 7 heteroatoms. The number of allylic oxidation sites excluding steroid dienone is 4. The Morgan fingerprint density at radius 2 is 1.76 bits per heavy atom. The fraction of sp³-hybridized carbons (Fsp3) is 0.342. The Labute approximate surface area is 267 Å². The maximum absolute atomic E-state index is 12.3. The first-order valence-electron chi connectivity index (χ1n) is 15.6. The second-order valence-corrected chi connectivity index (χ2v) is 12.4. The second kappa shape index (κ2) is 14.4. The quantitative estimate of drug-likeness (QED) is 0.132. The van der Waals surface area contributed by atoms with Crippen molar-refractivity contribution in [1.82, 2.24) is 5.32 Å².